The van der Waals surface area contributed by atoms with E-state index >= 15 is 0 Å². The van der Waals surface area contributed by atoms with Gasteiger partial charge >= 0.3 is 12.6 Å². The first-order valence-electron chi connectivity index (χ1n) is 9.35. The Balaban J connectivity index is 1.60. The topological polar surface area (TPSA) is 108 Å². The zero-order valence-electron chi connectivity index (χ0n) is 16.6. The Kier molecular flexibility index (Phi) is 5.63. The Morgan fingerprint density at radius 2 is 2.06 bits per heavy atom. The number of nitro benzene ring substituents is 1. The van der Waals surface area contributed by atoms with Crippen LogP contribution in [0.4, 0.5) is 20.2 Å². The van der Waals surface area contributed by atoms with Crippen molar-refractivity contribution in [2.75, 3.05) is 12.0 Å². The lowest BCUT2D eigenvalue weighted by Crippen LogP contribution is -2.47. The number of carbonyl (C=O) groups excluding carboxylic acids is 2. The van der Waals surface area contributed by atoms with Gasteiger partial charge in [-0.2, -0.15) is 8.78 Å². The van der Waals surface area contributed by atoms with Crippen molar-refractivity contribution in [3.63, 3.8) is 0 Å². The fraction of sp³-hybridized carbons (Fsp3) is 0.300. The number of benzene rings is 2. The third-order valence-electron chi connectivity index (χ3n) is 5.13. The van der Waals surface area contributed by atoms with Gasteiger partial charge in [0.1, 0.15) is 6.61 Å². The van der Waals surface area contributed by atoms with Gasteiger partial charge in [-0.05, 0) is 18.2 Å². The fourth-order valence-corrected chi connectivity index (χ4v) is 5.16. The van der Waals surface area contributed by atoms with Gasteiger partial charge in [0.15, 0.2) is 16.4 Å². The smallest absolute Gasteiger partial charge is 0.387 e. The number of methoxy groups -OCH3 is 1. The van der Waals surface area contributed by atoms with Gasteiger partial charge < -0.3 is 14.2 Å². The number of halogens is 2. The maximum absolute atomic E-state index is 13.1. The molecule has 0 bridgehead atoms. The highest BCUT2D eigenvalue weighted by atomic mass is 32.2. The van der Waals surface area contributed by atoms with Gasteiger partial charge in [0, 0.05) is 17.7 Å². The molecule has 2 aromatic carbocycles. The summed E-state index contributed by atoms with van der Waals surface area (Å²) in [5.41, 5.74) is -0.0406. The molecule has 0 N–H and O–H groups in total. The van der Waals surface area contributed by atoms with Crippen LogP contribution in [0.5, 0.6) is 11.5 Å². The van der Waals surface area contributed by atoms with E-state index in [1.165, 1.54) is 23.8 Å². The predicted molar refractivity (Wildman–Crippen MR) is 108 cm³/mol. The third kappa shape index (κ3) is 3.60. The number of hydrogen-bond donors (Lipinski definition) is 0. The highest BCUT2D eigenvalue weighted by Crippen LogP contribution is 2.56. The lowest BCUT2D eigenvalue weighted by Gasteiger charge is -2.28. The number of hydrogen-bond acceptors (Lipinski definition) is 8. The largest absolute Gasteiger partial charge is 0.493 e. The van der Waals surface area contributed by atoms with Gasteiger partial charge in [0.05, 0.1) is 29.4 Å². The highest BCUT2D eigenvalue weighted by Gasteiger charge is 2.58. The summed E-state index contributed by atoms with van der Waals surface area (Å²) in [6.07, 6.45) is 0.376. The molecule has 1 atom stereocenters. The molecule has 168 valence electrons. The number of alkyl halides is 2. The highest BCUT2D eigenvalue weighted by molar-refractivity contribution is 8.02. The molecule has 2 aliphatic rings. The van der Waals surface area contributed by atoms with Crippen LogP contribution in [0.3, 0.4) is 0 Å². The van der Waals surface area contributed by atoms with Gasteiger partial charge in [-0.15, -0.1) is 0 Å². The van der Waals surface area contributed by atoms with Gasteiger partial charge in [-0.1, -0.05) is 23.9 Å². The summed E-state index contributed by atoms with van der Waals surface area (Å²) in [7, 11) is 1.18. The van der Waals surface area contributed by atoms with Crippen LogP contribution < -0.4 is 14.4 Å². The first kappa shape index (κ1) is 21.8. The number of anilines is 1. The van der Waals surface area contributed by atoms with Crippen molar-refractivity contribution in [1.29, 1.82) is 0 Å². The molecule has 0 aliphatic carbocycles. The van der Waals surface area contributed by atoms with Crippen LogP contribution in [0.2, 0.25) is 0 Å². The van der Waals surface area contributed by atoms with Crippen molar-refractivity contribution in [2.24, 2.45) is 0 Å². The van der Waals surface area contributed by atoms with E-state index in [9.17, 15) is 28.5 Å². The standard InChI is InChI=1S/C20H16F2N2O7S/c1-29-14-8-11(13(24(27)28)9-15(14)31-19(21)22)10-30-18(26)20-7-6-17(25)23(20)12-4-2-3-5-16(12)32-20/h2-5,8-9,19H,6-7,10H2,1H3/t20-/m1/s1. The van der Waals surface area contributed by atoms with Crippen molar-refractivity contribution in [3.8, 4) is 11.5 Å². The SMILES string of the molecule is COc1cc(COC(=O)[C@]23CCC(=O)N2c2ccccc2S3)c([N+](=O)[O-])cc1OC(F)F. The lowest BCUT2D eigenvalue weighted by atomic mass is 10.1. The Hall–Kier alpha value is -3.41. The Morgan fingerprint density at radius 3 is 2.75 bits per heavy atom. The van der Waals surface area contributed by atoms with Crippen LogP contribution in [0.15, 0.2) is 41.3 Å². The molecule has 0 saturated carbocycles. The number of nitrogens with zero attached hydrogens (tertiary/aromatic N) is 2. The van der Waals surface area contributed by atoms with E-state index in [4.69, 9.17) is 9.47 Å². The van der Waals surface area contributed by atoms with Gasteiger partial charge in [0.2, 0.25) is 5.91 Å². The zero-order valence-corrected chi connectivity index (χ0v) is 17.4. The number of amides is 1. The molecule has 4 rings (SSSR count). The number of nitro groups is 1. The molecule has 12 heteroatoms. The molecular weight excluding hydrogens is 450 g/mol. The Morgan fingerprint density at radius 1 is 1.31 bits per heavy atom. The summed E-state index contributed by atoms with van der Waals surface area (Å²) in [4.78, 5) is 37.1. The summed E-state index contributed by atoms with van der Waals surface area (Å²) in [5, 5.41) is 11.5. The fourth-order valence-electron chi connectivity index (χ4n) is 3.75. The van der Waals surface area contributed by atoms with Gasteiger partial charge in [-0.3, -0.25) is 19.8 Å². The number of para-hydroxylation sites is 1. The van der Waals surface area contributed by atoms with Crippen LogP contribution in [-0.2, 0) is 20.9 Å². The zero-order chi connectivity index (χ0) is 23.0. The summed E-state index contributed by atoms with van der Waals surface area (Å²) < 4.78 is 39.9. The number of esters is 1. The molecule has 0 aromatic heterocycles. The van der Waals surface area contributed by atoms with E-state index in [-0.39, 0.29) is 30.1 Å². The van der Waals surface area contributed by atoms with Crippen molar-refractivity contribution in [2.45, 2.75) is 35.8 Å². The minimum Gasteiger partial charge on any atom is -0.493 e. The quantitative estimate of drug-likeness (QED) is 0.344. The minimum atomic E-state index is -3.21. The van der Waals surface area contributed by atoms with Crippen LogP contribution in [0, 0.1) is 10.1 Å². The molecule has 2 heterocycles. The van der Waals surface area contributed by atoms with Gasteiger partial charge in [-0.25, -0.2) is 4.79 Å². The normalized spacial score (nSPS) is 19.0. The second kappa shape index (κ2) is 8.26. The molecule has 0 radical (unpaired) electrons. The van der Waals surface area contributed by atoms with Crippen molar-refractivity contribution < 1.29 is 37.5 Å². The first-order chi connectivity index (χ1) is 15.3. The van der Waals surface area contributed by atoms with Crippen molar-refractivity contribution >= 4 is 35.0 Å². The van der Waals surface area contributed by atoms with E-state index in [1.807, 2.05) is 0 Å². The Labute approximate surface area is 184 Å². The molecule has 1 fully saturated rings. The van der Waals surface area contributed by atoms with E-state index < -0.39 is 40.4 Å². The minimum absolute atomic E-state index is 0.0744. The summed E-state index contributed by atoms with van der Waals surface area (Å²) in [6.45, 7) is -3.74. The predicted octanol–water partition coefficient (Wildman–Crippen LogP) is 3.88. The number of carbonyl (C=O) groups is 2. The monoisotopic (exact) mass is 466 g/mol. The van der Waals surface area contributed by atoms with Crippen LogP contribution in [-0.4, -0.2) is 35.4 Å². The molecule has 2 aromatic rings. The number of fused-ring (bicyclic) bond motifs is 3. The maximum atomic E-state index is 13.1. The van der Waals surface area contributed by atoms with E-state index in [0.717, 1.165) is 17.0 Å². The molecule has 2 aliphatic heterocycles. The molecule has 0 spiro atoms. The van der Waals surface area contributed by atoms with Crippen molar-refractivity contribution in [1.82, 2.24) is 0 Å². The van der Waals surface area contributed by atoms with Crippen molar-refractivity contribution in [3.05, 3.63) is 52.1 Å². The van der Waals surface area contributed by atoms with E-state index in [2.05, 4.69) is 4.74 Å². The lowest BCUT2D eigenvalue weighted by molar-refractivity contribution is -0.386. The summed E-state index contributed by atoms with van der Waals surface area (Å²) >= 11 is 1.20. The second-order valence-electron chi connectivity index (χ2n) is 6.93. The number of ether oxygens (including phenoxy) is 3. The molecule has 0 unspecified atom stereocenters. The molecule has 1 saturated heterocycles. The van der Waals surface area contributed by atoms with Gasteiger partial charge in [0.25, 0.3) is 5.69 Å². The average molecular weight is 466 g/mol. The van der Waals surface area contributed by atoms with E-state index in [0.29, 0.717) is 5.69 Å². The summed E-state index contributed by atoms with van der Waals surface area (Å²) in [6, 6.07) is 8.96. The average Bonchev–Trinajstić information content (AvgIpc) is 3.27. The number of thioether (sulfide) groups is 1. The van der Waals surface area contributed by atoms with Crippen LogP contribution >= 0.6 is 11.8 Å². The van der Waals surface area contributed by atoms with Crippen LogP contribution in [0.25, 0.3) is 0 Å². The van der Waals surface area contributed by atoms with Crippen LogP contribution in [0.1, 0.15) is 18.4 Å². The maximum Gasteiger partial charge on any atom is 0.387 e. The number of rotatable bonds is 7. The third-order valence-corrected chi connectivity index (χ3v) is 6.58. The molecule has 32 heavy (non-hydrogen) atoms. The molecule has 9 nitrogen and oxygen atoms in total. The summed E-state index contributed by atoms with van der Waals surface area (Å²) in [5.74, 6) is -1.65. The first-order valence-corrected chi connectivity index (χ1v) is 10.2. The second-order valence-corrected chi connectivity index (χ2v) is 8.25. The molecule has 1 amide bonds. The molecular formula is C20H16F2N2O7S. The Bertz CT molecular complexity index is 1110. The van der Waals surface area contributed by atoms with E-state index in [1.54, 1.807) is 24.3 Å².